The molecule has 0 spiro atoms. The number of hydrogen-bond acceptors (Lipinski definition) is 2. The van der Waals surface area contributed by atoms with Crippen LogP contribution in [0, 0.1) is 6.92 Å². The third-order valence-electron chi connectivity index (χ3n) is 4.09. The second-order valence-corrected chi connectivity index (χ2v) is 7.26. The maximum atomic E-state index is 13.6. The van der Waals surface area contributed by atoms with Crippen molar-refractivity contribution in [3.63, 3.8) is 0 Å². The highest BCUT2D eigenvalue weighted by Gasteiger charge is 2.39. The van der Waals surface area contributed by atoms with Gasteiger partial charge in [0.1, 0.15) is 12.7 Å². The highest BCUT2D eigenvalue weighted by Crippen LogP contribution is 2.41. The topological polar surface area (TPSA) is 30.7 Å². The van der Waals surface area contributed by atoms with E-state index in [2.05, 4.69) is 10.1 Å². The molecule has 3 rings (SSSR count). The third-order valence-corrected chi connectivity index (χ3v) is 5.28. The van der Waals surface area contributed by atoms with E-state index in [1.165, 1.54) is 24.5 Å². The molecule has 9 heteroatoms. The van der Waals surface area contributed by atoms with Gasteiger partial charge in [-0.3, -0.25) is 0 Å². The minimum absolute atomic E-state index is 0.0244. The first kappa shape index (κ1) is 20.7. The summed E-state index contributed by atoms with van der Waals surface area (Å²) in [5, 5.41) is 4.02. The molecular weight excluding hydrogens is 434 g/mol. The zero-order valence-corrected chi connectivity index (χ0v) is 16.7. The lowest BCUT2D eigenvalue weighted by molar-refractivity contribution is -0.139. The van der Waals surface area contributed by atoms with Crippen LogP contribution in [0.5, 0.6) is 0 Å². The Morgan fingerprint density at radius 1 is 1.07 bits per heavy atom. The first-order valence-electron chi connectivity index (χ1n) is 8.02. The fourth-order valence-corrected chi connectivity index (χ4v) is 3.36. The van der Waals surface area contributed by atoms with Gasteiger partial charge in [0, 0.05) is 0 Å². The molecule has 1 aromatic heterocycles. The summed E-state index contributed by atoms with van der Waals surface area (Å²) >= 11 is 17.6. The van der Waals surface area contributed by atoms with Gasteiger partial charge in [-0.05, 0) is 47.9 Å². The molecule has 0 fully saturated rings. The average Bonchev–Trinajstić information content (AvgIpc) is 3.13. The van der Waals surface area contributed by atoms with E-state index in [0.29, 0.717) is 5.56 Å². The normalized spacial score (nSPS) is 13.2. The Morgan fingerprint density at radius 2 is 1.75 bits per heavy atom. The summed E-state index contributed by atoms with van der Waals surface area (Å²) in [7, 11) is 0. The van der Waals surface area contributed by atoms with Gasteiger partial charge in [-0.2, -0.15) is 18.3 Å². The molecule has 0 aliphatic heterocycles. The molecule has 28 heavy (non-hydrogen) atoms. The molecule has 0 radical (unpaired) electrons. The number of rotatable bonds is 4. The quantitative estimate of drug-likeness (QED) is 0.408. The number of alkyl halides is 3. The first-order chi connectivity index (χ1) is 13.2. The lowest BCUT2D eigenvalue weighted by Gasteiger charge is -2.18. The average molecular weight is 447 g/mol. The highest BCUT2D eigenvalue weighted by atomic mass is 35.5. The van der Waals surface area contributed by atoms with Crippen LogP contribution in [0.3, 0.4) is 0 Å². The monoisotopic (exact) mass is 445 g/mol. The van der Waals surface area contributed by atoms with Crippen LogP contribution >= 0.6 is 34.8 Å². The predicted octanol–water partition coefficient (Wildman–Crippen LogP) is 6.90. The number of hydrogen-bond donors (Lipinski definition) is 0. The van der Waals surface area contributed by atoms with Gasteiger partial charge in [-0.25, -0.2) is 9.67 Å². The van der Waals surface area contributed by atoms with Crippen LogP contribution < -0.4 is 0 Å². The summed E-state index contributed by atoms with van der Waals surface area (Å²) in [6.45, 7) is 1.84. The number of allylic oxidation sites excluding steroid dienone is 1. The minimum atomic E-state index is -4.52. The van der Waals surface area contributed by atoms with Crippen LogP contribution in [0.2, 0.25) is 15.1 Å². The first-order valence-corrected chi connectivity index (χ1v) is 9.15. The maximum absolute atomic E-state index is 13.6. The molecule has 0 amide bonds. The third kappa shape index (κ3) is 4.51. The van der Waals surface area contributed by atoms with Crippen LogP contribution in [0.1, 0.15) is 22.6 Å². The molecule has 1 atom stereocenters. The van der Waals surface area contributed by atoms with Gasteiger partial charge in [0.15, 0.2) is 0 Å². The van der Waals surface area contributed by atoms with Crippen molar-refractivity contribution in [1.82, 2.24) is 14.8 Å². The van der Waals surface area contributed by atoms with Crippen molar-refractivity contribution < 1.29 is 13.2 Å². The molecule has 1 heterocycles. The molecule has 0 bridgehead atoms. The summed E-state index contributed by atoms with van der Waals surface area (Å²) in [5.74, 6) is -1.88. The van der Waals surface area contributed by atoms with Crippen LogP contribution in [-0.4, -0.2) is 20.9 Å². The number of aryl methyl sites for hydroxylation is 1. The van der Waals surface area contributed by atoms with E-state index < -0.39 is 12.1 Å². The van der Waals surface area contributed by atoms with Crippen molar-refractivity contribution in [2.45, 2.75) is 19.0 Å². The van der Waals surface area contributed by atoms with Crippen LogP contribution in [0.4, 0.5) is 13.2 Å². The minimum Gasteiger partial charge on any atom is -0.223 e. The fraction of sp³-hybridized carbons (Fsp3) is 0.158. The SMILES string of the molecule is Cc1cc(C=CC(c2cc(Cl)c(Cl)c(Cl)c2)C(F)(F)F)ccc1-n1cncn1. The lowest BCUT2D eigenvalue weighted by Crippen LogP contribution is -2.19. The molecule has 0 saturated carbocycles. The lowest BCUT2D eigenvalue weighted by atomic mass is 9.96. The van der Waals surface area contributed by atoms with E-state index in [1.54, 1.807) is 29.2 Å². The van der Waals surface area contributed by atoms with Crippen molar-refractivity contribution in [3.05, 3.63) is 80.8 Å². The van der Waals surface area contributed by atoms with Crippen molar-refractivity contribution >= 4 is 40.9 Å². The Kier molecular flexibility index (Phi) is 6.03. The molecule has 146 valence electrons. The van der Waals surface area contributed by atoms with E-state index in [4.69, 9.17) is 34.8 Å². The Hall–Kier alpha value is -2.02. The Balaban J connectivity index is 1.94. The molecule has 2 aromatic carbocycles. The molecule has 0 aliphatic rings. The summed E-state index contributed by atoms with van der Waals surface area (Å²) in [4.78, 5) is 3.88. The summed E-state index contributed by atoms with van der Waals surface area (Å²) in [6.07, 6.45) is 0.911. The van der Waals surface area contributed by atoms with Crippen molar-refractivity contribution in [3.8, 4) is 5.69 Å². The van der Waals surface area contributed by atoms with Crippen LogP contribution in [0.15, 0.2) is 49.1 Å². The fourth-order valence-electron chi connectivity index (χ4n) is 2.74. The van der Waals surface area contributed by atoms with Crippen molar-refractivity contribution in [1.29, 1.82) is 0 Å². The van der Waals surface area contributed by atoms with Gasteiger partial charge in [-0.1, -0.05) is 53.0 Å². The Bertz CT molecular complexity index is 992. The van der Waals surface area contributed by atoms with Crippen LogP contribution in [-0.2, 0) is 0 Å². The second kappa shape index (κ2) is 8.15. The molecule has 3 nitrogen and oxygen atoms in total. The molecule has 0 N–H and O–H groups in total. The van der Waals surface area contributed by atoms with Gasteiger partial charge in [0.05, 0.1) is 26.7 Å². The Morgan fingerprint density at radius 3 is 2.29 bits per heavy atom. The van der Waals surface area contributed by atoms with Gasteiger partial charge < -0.3 is 0 Å². The van der Waals surface area contributed by atoms with Gasteiger partial charge >= 0.3 is 6.18 Å². The number of benzene rings is 2. The molecule has 1 unspecified atom stereocenters. The number of halogens is 6. The Labute approximate surface area is 174 Å². The summed E-state index contributed by atoms with van der Waals surface area (Å²) < 4.78 is 42.4. The number of nitrogens with zero attached hydrogens (tertiary/aromatic N) is 3. The number of aromatic nitrogens is 3. The predicted molar refractivity (Wildman–Crippen MR) is 105 cm³/mol. The molecule has 0 saturated heterocycles. The standard InChI is InChI=1S/C19H13Cl3F3N3/c1-11-6-12(3-5-17(11)28-10-26-9-27-28)2-4-14(19(23,24)25)13-7-15(20)18(22)16(21)8-13/h2-10,14H,1H3. The van der Waals surface area contributed by atoms with Gasteiger partial charge in [0.2, 0.25) is 0 Å². The van der Waals surface area contributed by atoms with E-state index in [1.807, 2.05) is 6.92 Å². The largest absolute Gasteiger partial charge is 0.399 e. The molecule has 3 aromatic rings. The highest BCUT2D eigenvalue weighted by molar-refractivity contribution is 6.48. The molecular formula is C19H13Cl3F3N3. The smallest absolute Gasteiger partial charge is 0.223 e. The van der Waals surface area contributed by atoms with E-state index in [9.17, 15) is 13.2 Å². The van der Waals surface area contributed by atoms with E-state index in [-0.39, 0.29) is 20.6 Å². The van der Waals surface area contributed by atoms with Gasteiger partial charge in [-0.15, -0.1) is 0 Å². The van der Waals surface area contributed by atoms with Gasteiger partial charge in [0.25, 0.3) is 0 Å². The molecule has 0 aliphatic carbocycles. The van der Waals surface area contributed by atoms with E-state index >= 15 is 0 Å². The summed E-state index contributed by atoms with van der Waals surface area (Å²) in [5.41, 5.74) is 2.16. The zero-order chi connectivity index (χ0) is 20.5. The van der Waals surface area contributed by atoms with Crippen molar-refractivity contribution in [2.24, 2.45) is 0 Å². The second-order valence-electron chi connectivity index (χ2n) is 6.06. The van der Waals surface area contributed by atoms with E-state index in [0.717, 1.165) is 17.3 Å². The van der Waals surface area contributed by atoms with Crippen molar-refractivity contribution in [2.75, 3.05) is 0 Å². The summed E-state index contributed by atoms with van der Waals surface area (Å²) in [6, 6.07) is 7.59. The van der Waals surface area contributed by atoms with Crippen LogP contribution in [0.25, 0.3) is 11.8 Å². The zero-order valence-electron chi connectivity index (χ0n) is 14.4. The maximum Gasteiger partial charge on any atom is 0.399 e.